The Morgan fingerprint density at radius 1 is 1.18 bits per heavy atom. The van der Waals surface area contributed by atoms with Gasteiger partial charge in [0.2, 0.25) is 0 Å². The summed E-state index contributed by atoms with van der Waals surface area (Å²) in [5.41, 5.74) is 4.10. The van der Waals surface area contributed by atoms with E-state index in [9.17, 15) is 9.59 Å². The summed E-state index contributed by atoms with van der Waals surface area (Å²) in [7, 11) is 0. The van der Waals surface area contributed by atoms with E-state index in [4.69, 9.17) is 9.72 Å². The molecule has 1 saturated heterocycles. The smallest absolute Gasteiger partial charge is 0.328 e. The van der Waals surface area contributed by atoms with E-state index >= 15 is 0 Å². The molecule has 6 rings (SSSR count). The maximum absolute atomic E-state index is 13.1. The van der Waals surface area contributed by atoms with Gasteiger partial charge < -0.3 is 15.4 Å². The van der Waals surface area contributed by atoms with Gasteiger partial charge in [-0.1, -0.05) is 37.8 Å². The van der Waals surface area contributed by atoms with Crippen molar-refractivity contribution in [2.24, 2.45) is 5.41 Å². The average Bonchev–Trinajstić information content (AvgIpc) is 3.40. The molecule has 0 bridgehead atoms. The van der Waals surface area contributed by atoms with Crippen molar-refractivity contribution in [2.75, 3.05) is 13.2 Å². The van der Waals surface area contributed by atoms with Crippen LogP contribution in [0.15, 0.2) is 52.8 Å². The lowest BCUT2D eigenvalue weighted by Crippen LogP contribution is -2.53. The number of ether oxygens (including phenoxy) is 1. The van der Waals surface area contributed by atoms with Crippen molar-refractivity contribution in [1.82, 2.24) is 25.2 Å². The van der Waals surface area contributed by atoms with E-state index in [1.54, 1.807) is 6.20 Å². The van der Waals surface area contributed by atoms with Crippen molar-refractivity contribution in [1.29, 1.82) is 0 Å². The number of allylic oxidation sites excluding steroid dienone is 2. The zero-order valence-electron chi connectivity index (χ0n) is 22.9. The molecule has 210 valence electrons. The number of aromatic nitrogens is 3. The third kappa shape index (κ3) is 4.87. The fraction of sp³-hybridized carbons (Fsp3) is 0.484. The highest BCUT2D eigenvalue weighted by Gasteiger charge is 2.53. The van der Waals surface area contributed by atoms with E-state index < -0.39 is 11.5 Å². The normalized spacial score (nSPS) is 21.4. The molecular formula is C31H36BrN5O3. The molecule has 40 heavy (non-hydrogen) atoms. The third-order valence-corrected chi connectivity index (χ3v) is 9.38. The number of imidazole rings is 1. The summed E-state index contributed by atoms with van der Waals surface area (Å²) in [6.07, 6.45) is 10.5. The van der Waals surface area contributed by atoms with Gasteiger partial charge in [0.25, 0.3) is 0 Å². The minimum absolute atomic E-state index is 0.158. The van der Waals surface area contributed by atoms with Gasteiger partial charge in [0.15, 0.2) is 11.4 Å². The average molecular weight is 607 g/mol. The molecule has 2 aromatic heterocycles. The molecule has 3 heterocycles. The summed E-state index contributed by atoms with van der Waals surface area (Å²) < 4.78 is 8.17. The maximum Gasteiger partial charge on any atom is 0.328 e. The van der Waals surface area contributed by atoms with Crippen LogP contribution in [0, 0.1) is 5.41 Å². The Bertz CT molecular complexity index is 1430. The first kappa shape index (κ1) is 27.1. The fourth-order valence-corrected chi connectivity index (χ4v) is 7.41. The number of ketones is 1. The Morgan fingerprint density at radius 3 is 2.70 bits per heavy atom. The molecule has 2 atom stereocenters. The topological polar surface area (TPSA) is 98.1 Å². The van der Waals surface area contributed by atoms with Gasteiger partial charge in [-0.25, -0.2) is 14.8 Å². The minimum atomic E-state index is -0.585. The molecule has 1 spiro atoms. The van der Waals surface area contributed by atoms with Crippen LogP contribution in [0.5, 0.6) is 0 Å². The van der Waals surface area contributed by atoms with Crippen molar-refractivity contribution < 1.29 is 14.3 Å². The number of carbonyl (C=O) groups is 2. The number of carbonyl (C=O) groups excluding carboxylic acids is 2. The molecule has 0 amide bonds. The summed E-state index contributed by atoms with van der Waals surface area (Å²) >= 11 is 3.49. The molecule has 1 saturated carbocycles. The van der Waals surface area contributed by atoms with E-state index in [0.717, 1.165) is 79.0 Å². The Morgan fingerprint density at radius 2 is 1.98 bits per heavy atom. The van der Waals surface area contributed by atoms with E-state index in [1.807, 2.05) is 19.1 Å². The maximum atomic E-state index is 13.1. The molecule has 1 aromatic carbocycles. The second-order valence-corrected chi connectivity index (χ2v) is 11.9. The number of fused-ring (bicyclic) bond motifs is 1. The number of nitrogens with one attached hydrogen (secondary N) is 2. The lowest BCUT2D eigenvalue weighted by Gasteiger charge is -2.46. The zero-order chi connectivity index (χ0) is 27.7. The van der Waals surface area contributed by atoms with Gasteiger partial charge in [-0.2, -0.15) is 0 Å². The number of Topliss-reactive ketones (excluding diaryl/α,β-unsaturated/α-hetero) is 1. The minimum Gasteiger partial charge on any atom is -0.464 e. The van der Waals surface area contributed by atoms with E-state index in [0.29, 0.717) is 17.5 Å². The Labute approximate surface area is 243 Å². The molecule has 3 aromatic rings. The highest BCUT2D eigenvalue weighted by atomic mass is 79.9. The van der Waals surface area contributed by atoms with E-state index in [2.05, 4.69) is 60.4 Å². The van der Waals surface area contributed by atoms with Crippen LogP contribution in [0.25, 0.3) is 16.9 Å². The number of benzene rings is 1. The van der Waals surface area contributed by atoms with Crippen LogP contribution in [0.2, 0.25) is 0 Å². The molecule has 2 N–H and O–H groups in total. The first-order valence-electron chi connectivity index (χ1n) is 14.6. The van der Waals surface area contributed by atoms with E-state index in [-0.39, 0.29) is 17.8 Å². The second-order valence-electron chi connectivity index (χ2n) is 11.1. The Hall–Kier alpha value is -3.04. The number of hydrogen-bond acceptors (Lipinski definition) is 7. The van der Waals surface area contributed by atoms with Crippen molar-refractivity contribution >= 4 is 38.8 Å². The Kier molecular flexibility index (Phi) is 7.77. The van der Waals surface area contributed by atoms with Crippen LogP contribution in [0.4, 0.5) is 0 Å². The predicted molar refractivity (Wildman–Crippen MR) is 157 cm³/mol. The molecule has 0 unspecified atom stereocenters. The lowest BCUT2D eigenvalue weighted by molar-refractivity contribution is -0.146. The highest BCUT2D eigenvalue weighted by molar-refractivity contribution is 9.12. The van der Waals surface area contributed by atoms with Crippen LogP contribution in [-0.4, -0.2) is 45.5 Å². The van der Waals surface area contributed by atoms with Crippen LogP contribution in [0.3, 0.4) is 0 Å². The fourth-order valence-electron chi connectivity index (χ4n) is 6.54. The number of rotatable bonds is 8. The molecule has 2 fully saturated rings. The summed E-state index contributed by atoms with van der Waals surface area (Å²) in [5, 5.41) is 7.08. The van der Waals surface area contributed by atoms with E-state index in [1.165, 1.54) is 12.8 Å². The molecule has 8 nitrogen and oxygen atoms in total. The second kappa shape index (κ2) is 11.4. The van der Waals surface area contributed by atoms with Crippen LogP contribution >= 0.6 is 15.9 Å². The van der Waals surface area contributed by atoms with Crippen LogP contribution < -0.4 is 10.6 Å². The molecule has 9 heteroatoms. The van der Waals surface area contributed by atoms with Crippen LogP contribution in [-0.2, 0) is 20.7 Å². The summed E-state index contributed by atoms with van der Waals surface area (Å²) in [5.74, 6) is 0.836. The summed E-state index contributed by atoms with van der Waals surface area (Å²) in [6, 6.07) is 11.8. The number of pyridine rings is 1. The van der Waals surface area contributed by atoms with Gasteiger partial charge in [0.1, 0.15) is 17.4 Å². The highest BCUT2D eigenvalue weighted by Crippen LogP contribution is 2.53. The molecular weight excluding hydrogens is 570 g/mol. The van der Waals surface area contributed by atoms with Gasteiger partial charge in [-0.05, 0) is 84.9 Å². The lowest BCUT2D eigenvalue weighted by atomic mass is 9.62. The number of piperidine rings is 1. The number of nitrogens with zero attached hydrogens (tertiary/aromatic N) is 3. The van der Waals surface area contributed by atoms with Crippen molar-refractivity contribution in [3.8, 4) is 5.69 Å². The zero-order valence-corrected chi connectivity index (χ0v) is 24.5. The van der Waals surface area contributed by atoms with Gasteiger partial charge >= 0.3 is 5.97 Å². The number of halogens is 1. The molecule has 2 aliphatic carbocycles. The standard InChI is InChI=1S/C31H36BrN5O3/c1-2-40-30(39)24(35-26-25(32)27(38)31(26)15-5-3-6-16-31)19-20-11-13-21(14-12-20)37-28-23(10-8-18-34-28)36-29(37)22-9-4-7-17-33-22/h8,10-14,18,22,24,33,35H,2-7,9,15-17,19H2,1H3/t22-,24-/m0/s1. The SMILES string of the molecule is CCOC(=O)[C@H](Cc1ccc(-n2c([C@@H]3CCCCN3)nc3cccnc32)cc1)NC1=C(Br)C(=O)C12CCCCC2. The largest absolute Gasteiger partial charge is 0.464 e. The monoisotopic (exact) mass is 605 g/mol. The first-order valence-corrected chi connectivity index (χ1v) is 15.4. The predicted octanol–water partition coefficient (Wildman–Crippen LogP) is 5.44. The first-order chi connectivity index (χ1) is 19.5. The van der Waals surface area contributed by atoms with Crippen molar-refractivity contribution in [3.63, 3.8) is 0 Å². The number of esters is 1. The third-order valence-electron chi connectivity index (χ3n) is 8.63. The van der Waals surface area contributed by atoms with Crippen molar-refractivity contribution in [3.05, 3.63) is 64.2 Å². The van der Waals surface area contributed by atoms with Crippen LogP contribution in [0.1, 0.15) is 75.7 Å². The molecule has 3 aliphatic rings. The Balaban J connectivity index is 1.27. The van der Waals surface area contributed by atoms with Gasteiger partial charge in [0.05, 0.1) is 22.5 Å². The van der Waals surface area contributed by atoms with Gasteiger partial charge in [-0.3, -0.25) is 9.36 Å². The van der Waals surface area contributed by atoms with Crippen molar-refractivity contribution in [2.45, 2.75) is 76.8 Å². The molecule has 0 radical (unpaired) electrons. The summed E-state index contributed by atoms with van der Waals surface area (Å²) in [6.45, 7) is 3.11. The molecule has 1 aliphatic heterocycles. The summed E-state index contributed by atoms with van der Waals surface area (Å²) in [4.78, 5) is 35.6. The van der Waals surface area contributed by atoms with Gasteiger partial charge in [0, 0.05) is 24.0 Å². The van der Waals surface area contributed by atoms with Gasteiger partial charge in [-0.15, -0.1) is 0 Å². The quantitative estimate of drug-likeness (QED) is 0.330. The number of hydrogen-bond donors (Lipinski definition) is 2.